The van der Waals surface area contributed by atoms with Gasteiger partial charge in [0.15, 0.2) is 0 Å². The highest BCUT2D eigenvalue weighted by Crippen LogP contribution is 2.34. The number of benzene rings is 1. The van der Waals surface area contributed by atoms with Crippen molar-refractivity contribution in [2.45, 2.75) is 38.3 Å². The van der Waals surface area contributed by atoms with Gasteiger partial charge in [0.05, 0.1) is 5.56 Å². The van der Waals surface area contributed by atoms with Crippen molar-refractivity contribution in [1.29, 1.82) is 0 Å². The van der Waals surface area contributed by atoms with Crippen LogP contribution in [0.2, 0.25) is 0 Å². The highest BCUT2D eigenvalue weighted by molar-refractivity contribution is 5.56. The number of hydrogen-bond acceptors (Lipinski definition) is 2. The number of anilines is 1. The lowest BCUT2D eigenvalue weighted by atomic mass is 10.0. The normalized spacial score (nSPS) is 17.1. The predicted octanol–water partition coefficient (Wildman–Crippen LogP) is 4.66. The number of alkyl halides is 3. The number of hydrogen-bond donors (Lipinski definition) is 1. The van der Waals surface area contributed by atoms with Crippen molar-refractivity contribution in [2.24, 2.45) is 5.73 Å². The van der Waals surface area contributed by atoms with E-state index in [1.54, 1.807) is 18.2 Å². The summed E-state index contributed by atoms with van der Waals surface area (Å²) in [6, 6.07) is 4.08. The standard InChI is InChI=1S/C18H23F3N2/c19-18(20,21)16-9-10-17(23-12-6-1-2-7-13-23)15(14-16)8-4-3-5-11-22/h3-5,9-11,14H,1-2,6-8,12-13,22H2/b4-3-,11-5-. The van der Waals surface area contributed by atoms with E-state index in [4.69, 9.17) is 5.73 Å². The maximum Gasteiger partial charge on any atom is 0.416 e. The molecule has 0 spiro atoms. The van der Waals surface area contributed by atoms with Gasteiger partial charge in [-0.3, -0.25) is 0 Å². The van der Waals surface area contributed by atoms with E-state index in [1.807, 2.05) is 6.08 Å². The number of halogens is 3. The lowest BCUT2D eigenvalue weighted by Gasteiger charge is -2.26. The first-order chi connectivity index (χ1) is 11.0. The van der Waals surface area contributed by atoms with Crippen LogP contribution in [-0.2, 0) is 12.6 Å². The fourth-order valence-electron chi connectivity index (χ4n) is 2.88. The average molecular weight is 324 g/mol. The molecule has 1 saturated heterocycles. The minimum absolute atomic E-state index is 0.458. The molecule has 1 aliphatic heterocycles. The molecule has 0 saturated carbocycles. The van der Waals surface area contributed by atoms with E-state index in [0.717, 1.165) is 31.6 Å². The van der Waals surface area contributed by atoms with Crippen LogP contribution in [0.4, 0.5) is 18.9 Å². The van der Waals surface area contributed by atoms with Gasteiger partial charge in [-0.15, -0.1) is 0 Å². The number of allylic oxidation sites excluding steroid dienone is 3. The van der Waals surface area contributed by atoms with Crippen molar-refractivity contribution in [2.75, 3.05) is 18.0 Å². The summed E-state index contributed by atoms with van der Waals surface area (Å²) in [4.78, 5) is 2.22. The van der Waals surface area contributed by atoms with E-state index in [0.29, 0.717) is 12.0 Å². The summed E-state index contributed by atoms with van der Waals surface area (Å²) in [6.45, 7) is 1.82. The van der Waals surface area contributed by atoms with Gasteiger partial charge in [0.2, 0.25) is 0 Å². The molecule has 1 aromatic rings. The highest BCUT2D eigenvalue weighted by Gasteiger charge is 2.31. The summed E-state index contributed by atoms with van der Waals surface area (Å²) in [6.07, 6.45) is 7.36. The molecule has 1 fully saturated rings. The molecule has 0 unspecified atom stereocenters. The lowest BCUT2D eigenvalue weighted by Crippen LogP contribution is -2.25. The summed E-state index contributed by atoms with van der Waals surface area (Å²) in [5.74, 6) is 0. The van der Waals surface area contributed by atoms with E-state index in [1.165, 1.54) is 31.2 Å². The Balaban J connectivity index is 2.30. The number of nitrogens with zero attached hydrogens (tertiary/aromatic N) is 1. The first-order valence-electron chi connectivity index (χ1n) is 8.01. The molecule has 23 heavy (non-hydrogen) atoms. The molecule has 0 atom stereocenters. The zero-order valence-corrected chi connectivity index (χ0v) is 13.1. The van der Waals surface area contributed by atoms with Crippen molar-refractivity contribution < 1.29 is 13.2 Å². The molecule has 2 N–H and O–H groups in total. The first-order valence-corrected chi connectivity index (χ1v) is 8.01. The van der Waals surface area contributed by atoms with E-state index < -0.39 is 11.7 Å². The smallest absolute Gasteiger partial charge is 0.405 e. The Kier molecular flexibility index (Phi) is 6.13. The van der Waals surface area contributed by atoms with E-state index in [9.17, 15) is 13.2 Å². The second-order valence-corrected chi connectivity index (χ2v) is 5.76. The van der Waals surface area contributed by atoms with Gasteiger partial charge in [-0.1, -0.05) is 25.0 Å². The molecule has 1 aromatic carbocycles. The molecule has 0 aliphatic carbocycles. The second kappa shape index (κ2) is 8.09. The predicted molar refractivity (Wildman–Crippen MR) is 88.3 cm³/mol. The molecule has 2 rings (SSSR count). The van der Waals surface area contributed by atoms with Gasteiger partial charge in [-0.05, 0) is 55.3 Å². The molecule has 5 heteroatoms. The zero-order chi connectivity index (χ0) is 16.7. The molecule has 0 bridgehead atoms. The van der Waals surface area contributed by atoms with Crippen LogP contribution >= 0.6 is 0 Å². The third-order valence-corrected chi connectivity index (χ3v) is 4.05. The fraction of sp³-hybridized carbons (Fsp3) is 0.444. The van der Waals surface area contributed by atoms with Crippen molar-refractivity contribution >= 4 is 5.69 Å². The molecule has 0 amide bonds. The fourth-order valence-corrected chi connectivity index (χ4v) is 2.88. The van der Waals surface area contributed by atoms with Crippen LogP contribution in [0.15, 0.2) is 42.6 Å². The Bertz CT molecular complexity index is 554. The van der Waals surface area contributed by atoms with E-state index in [-0.39, 0.29) is 0 Å². The van der Waals surface area contributed by atoms with Crippen LogP contribution in [-0.4, -0.2) is 13.1 Å². The third kappa shape index (κ3) is 5.05. The zero-order valence-electron chi connectivity index (χ0n) is 13.1. The van der Waals surface area contributed by atoms with Gasteiger partial charge in [0, 0.05) is 18.8 Å². The monoisotopic (exact) mass is 324 g/mol. The Morgan fingerprint density at radius 1 is 1.04 bits per heavy atom. The molecule has 1 heterocycles. The van der Waals surface area contributed by atoms with Crippen LogP contribution in [0.25, 0.3) is 0 Å². The summed E-state index contributed by atoms with van der Waals surface area (Å²) in [7, 11) is 0. The Morgan fingerprint density at radius 3 is 2.35 bits per heavy atom. The molecule has 0 radical (unpaired) electrons. The van der Waals surface area contributed by atoms with Gasteiger partial charge >= 0.3 is 6.18 Å². The minimum atomic E-state index is -4.31. The van der Waals surface area contributed by atoms with E-state index in [2.05, 4.69) is 4.90 Å². The third-order valence-electron chi connectivity index (χ3n) is 4.05. The maximum atomic E-state index is 13.0. The van der Waals surface area contributed by atoms with Crippen LogP contribution in [0, 0.1) is 0 Å². The highest BCUT2D eigenvalue weighted by atomic mass is 19.4. The van der Waals surface area contributed by atoms with Gasteiger partial charge in [0.25, 0.3) is 0 Å². The van der Waals surface area contributed by atoms with Gasteiger partial charge < -0.3 is 10.6 Å². The van der Waals surface area contributed by atoms with Gasteiger partial charge in [0.1, 0.15) is 0 Å². The maximum absolute atomic E-state index is 13.0. The second-order valence-electron chi connectivity index (χ2n) is 5.76. The number of nitrogens with two attached hydrogens (primary N) is 1. The van der Waals surface area contributed by atoms with E-state index >= 15 is 0 Å². The molecule has 126 valence electrons. The quantitative estimate of drug-likeness (QED) is 0.816. The molecule has 0 aromatic heterocycles. The summed E-state index contributed by atoms with van der Waals surface area (Å²) in [5, 5.41) is 0. The largest absolute Gasteiger partial charge is 0.416 e. The van der Waals surface area contributed by atoms with Crippen LogP contribution in [0.1, 0.15) is 36.8 Å². The topological polar surface area (TPSA) is 29.3 Å². The van der Waals surface area contributed by atoms with Crippen LogP contribution in [0.3, 0.4) is 0 Å². The van der Waals surface area contributed by atoms with Crippen molar-refractivity contribution in [3.63, 3.8) is 0 Å². The van der Waals surface area contributed by atoms with Crippen molar-refractivity contribution in [3.8, 4) is 0 Å². The van der Waals surface area contributed by atoms with Crippen molar-refractivity contribution in [3.05, 3.63) is 53.8 Å². The van der Waals surface area contributed by atoms with Gasteiger partial charge in [-0.2, -0.15) is 13.2 Å². The minimum Gasteiger partial charge on any atom is -0.405 e. The number of rotatable bonds is 4. The van der Waals surface area contributed by atoms with Gasteiger partial charge in [-0.25, -0.2) is 0 Å². The summed E-state index contributed by atoms with van der Waals surface area (Å²) < 4.78 is 39.0. The Hall–Kier alpha value is -1.91. The molecule has 2 nitrogen and oxygen atoms in total. The Labute approximate surface area is 135 Å². The van der Waals surface area contributed by atoms with Crippen LogP contribution < -0.4 is 10.6 Å². The van der Waals surface area contributed by atoms with Crippen LogP contribution in [0.5, 0.6) is 0 Å². The molecular weight excluding hydrogens is 301 g/mol. The lowest BCUT2D eigenvalue weighted by molar-refractivity contribution is -0.137. The average Bonchev–Trinajstić information content (AvgIpc) is 2.79. The van der Waals surface area contributed by atoms with Crippen molar-refractivity contribution in [1.82, 2.24) is 0 Å². The first kappa shape index (κ1) is 17.4. The molecule has 1 aliphatic rings. The summed E-state index contributed by atoms with van der Waals surface area (Å²) in [5.41, 5.74) is 6.30. The summed E-state index contributed by atoms with van der Waals surface area (Å²) >= 11 is 0. The SMILES string of the molecule is N/C=C\C=C/Cc1cc(C(F)(F)F)ccc1N1CCCCCC1. The Morgan fingerprint density at radius 2 is 1.74 bits per heavy atom. The molecular formula is C18H23F3N2.